The monoisotopic (exact) mass is 508 g/mol. The minimum Gasteiger partial charge on any atom is -0.497 e. The summed E-state index contributed by atoms with van der Waals surface area (Å²) in [6.07, 6.45) is 3.72. The number of aromatic amines is 1. The maximum absolute atomic E-state index is 13.4. The number of benzene rings is 1. The topological polar surface area (TPSA) is 131 Å². The van der Waals surface area contributed by atoms with Gasteiger partial charge in [0.15, 0.2) is 0 Å². The summed E-state index contributed by atoms with van der Waals surface area (Å²) in [6.45, 7) is 4.18. The Morgan fingerprint density at radius 2 is 1.84 bits per heavy atom. The van der Waals surface area contributed by atoms with Gasteiger partial charge in [-0.15, -0.1) is 0 Å². The second-order valence-corrected chi connectivity index (χ2v) is 9.36. The van der Waals surface area contributed by atoms with Gasteiger partial charge < -0.3 is 25.3 Å². The number of nitrogens with one attached hydrogen (secondary N) is 3. The Hall–Kier alpha value is -3.84. The van der Waals surface area contributed by atoms with Crippen LogP contribution in [0.5, 0.6) is 5.75 Å². The van der Waals surface area contributed by atoms with Gasteiger partial charge in [-0.3, -0.25) is 19.3 Å². The molecule has 3 rings (SSSR count). The zero-order valence-corrected chi connectivity index (χ0v) is 21.8. The SMILES string of the molecule is COc1ccc(C[C@@H]2NC(=O)CCCN(Cc3c[nH]c(C#N)c3)CCCNC(=O)[C@H](C)N(C)C2=O)cc1. The molecule has 0 bridgehead atoms. The minimum atomic E-state index is -0.799. The lowest BCUT2D eigenvalue weighted by molar-refractivity contribution is -0.141. The van der Waals surface area contributed by atoms with E-state index in [1.807, 2.05) is 36.5 Å². The molecule has 2 atom stereocenters. The summed E-state index contributed by atoms with van der Waals surface area (Å²) in [5.74, 6) is -0.0580. The van der Waals surface area contributed by atoms with E-state index < -0.39 is 12.1 Å². The Morgan fingerprint density at radius 1 is 1.11 bits per heavy atom. The molecule has 1 fully saturated rings. The molecular formula is C27H36N6O4. The molecule has 0 unspecified atom stereocenters. The number of rotatable bonds is 5. The van der Waals surface area contributed by atoms with Crippen molar-refractivity contribution in [3.8, 4) is 11.8 Å². The highest BCUT2D eigenvalue weighted by atomic mass is 16.5. The van der Waals surface area contributed by atoms with Crippen molar-refractivity contribution in [2.24, 2.45) is 0 Å². The Morgan fingerprint density at radius 3 is 2.51 bits per heavy atom. The fraction of sp³-hybridized carbons (Fsp3) is 0.481. The number of methoxy groups -OCH3 is 1. The zero-order chi connectivity index (χ0) is 26.8. The van der Waals surface area contributed by atoms with Gasteiger partial charge in [0.25, 0.3) is 0 Å². The normalized spacial score (nSPS) is 20.8. The predicted molar refractivity (Wildman–Crippen MR) is 139 cm³/mol. The van der Waals surface area contributed by atoms with Gasteiger partial charge in [0, 0.05) is 45.7 Å². The van der Waals surface area contributed by atoms with Crippen LogP contribution in [0.3, 0.4) is 0 Å². The molecule has 1 aromatic carbocycles. The van der Waals surface area contributed by atoms with Gasteiger partial charge in [-0.1, -0.05) is 12.1 Å². The summed E-state index contributed by atoms with van der Waals surface area (Å²) in [5, 5.41) is 14.9. The van der Waals surface area contributed by atoms with E-state index in [0.29, 0.717) is 43.9 Å². The van der Waals surface area contributed by atoms with E-state index in [-0.39, 0.29) is 24.1 Å². The molecule has 3 amide bonds. The Bertz CT molecular complexity index is 1110. The van der Waals surface area contributed by atoms with Gasteiger partial charge in [0.2, 0.25) is 17.7 Å². The molecule has 0 radical (unpaired) electrons. The molecule has 2 heterocycles. The van der Waals surface area contributed by atoms with Crippen molar-refractivity contribution in [1.82, 2.24) is 25.4 Å². The average Bonchev–Trinajstić information content (AvgIpc) is 3.36. The van der Waals surface area contributed by atoms with Crippen molar-refractivity contribution < 1.29 is 19.1 Å². The summed E-state index contributed by atoms with van der Waals surface area (Å²) in [6, 6.07) is 9.77. The molecule has 1 aliphatic heterocycles. The molecule has 0 spiro atoms. The molecule has 3 N–H and O–H groups in total. The first-order chi connectivity index (χ1) is 17.8. The van der Waals surface area contributed by atoms with Crippen LogP contribution in [0, 0.1) is 11.3 Å². The summed E-state index contributed by atoms with van der Waals surface area (Å²) in [7, 11) is 3.18. The van der Waals surface area contributed by atoms with Gasteiger partial charge in [0.1, 0.15) is 29.6 Å². The van der Waals surface area contributed by atoms with Crippen molar-refractivity contribution in [3.05, 3.63) is 53.3 Å². The highest BCUT2D eigenvalue weighted by molar-refractivity contribution is 5.92. The lowest BCUT2D eigenvalue weighted by Crippen LogP contribution is -2.54. The van der Waals surface area contributed by atoms with E-state index in [0.717, 1.165) is 24.1 Å². The minimum absolute atomic E-state index is 0.208. The molecule has 10 nitrogen and oxygen atoms in total. The summed E-state index contributed by atoms with van der Waals surface area (Å²) in [5.41, 5.74) is 2.37. The first kappa shape index (κ1) is 27.7. The van der Waals surface area contributed by atoms with Crippen LogP contribution in [0.25, 0.3) is 0 Å². The summed E-state index contributed by atoms with van der Waals surface area (Å²) < 4.78 is 5.21. The number of hydrogen-bond donors (Lipinski definition) is 3. The maximum Gasteiger partial charge on any atom is 0.245 e. The number of H-pyrrole nitrogens is 1. The van der Waals surface area contributed by atoms with Crippen LogP contribution in [0.2, 0.25) is 0 Å². The number of aromatic nitrogens is 1. The molecule has 0 saturated carbocycles. The van der Waals surface area contributed by atoms with E-state index >= 15 is 0 Å². The lowest BCUT2D eigenvalue weighted by Gasteiger charge is -2.29. The highest BCUT2D eigenvalue weighted by Gasteiger charge is 2.30. The van der Waals surface area contributed by atoms with Crippen molar-refractivity contribution >= 4 is 17.7 Å². The molecule has 1 aliphatic rings. The van der Waals surface area contributed by atoms with Crippen LogP contribution < -0.4 is 15.4 Å². The van der Waals surface area contributed by atoms with Crippen LogP contribution >= 0.6 is 0 Å². The van der Waals surface area contributed by atoms with Crippen molar-refractivity contribution in [2.45, 2.75) is 51.2 Å². The van der Waals surface area contributed by atoms with Crippen LogP contribution in [-0.4, -0.2) is 78.4 Å². The van der Waals surface area contributed by atoms with Crippen molar-refractivity contribution in [1.29, 1.82) is 5.26 Å². The first-order valence-corrected chi connectivity index (χ1v) is 12.6. The predicted octanol–water partition coefficient (Wildman–Crippen LogP) is 1.57. The third kappa shape index (κ3) is 8.08. The van der Waals surface area contributed by atoms with E-state index in [1.54, 1.807) is 21.1 Å². The average molecular weight is 509 g/mol. The van der Waals surface area contributed by atoms with E-state index in [9.17, 15) is 14.4 Å². The largest absolute Gasteiger partial charge is 0.497 e. The number of likely N-dealkylation sites (N-methyl/N-ethyl adjacent to an activating group) is 1. The number of ether oxygens (including phenoxy) is 1. The van der Waals surface area contributed by atoms with Gasteiger partial charge in [-0.05, 0) is 55.6 Å². The van der Waals surface area contributed by atoms with Crippen LogP contribution in [0.1, 0.15) is 43.0 Å². The zero-order valence-electron chi connectivity index (χ0n) is 21.8. The molecule has 0 aliphatic carbocycles. The van der Waals surface area contributed by atoms with Crippen LogP contribution in [-0.2, 0) is 27.3 Å². The van der Waals surface area contributed by atoms with Crippen molar-refractivity contribution in [3.63, 3.8) is 0 Å². The quantitative estimate of drug-likeness (QED) is 0.562. The van der Waals surface area contributed by atoms with Gasteiger partial charge in [0.05, 0.1) is 7.11 Å². The molecule has 1 saturated heterocycles. The van der Waals surface area contributed by atoms with Crippen molar-refractivity contribution in [2.75, 3.05) is 33.8 Å². The van der Waals surface area contributed by atoms with Gasteiger partial charge in [-0.25, -0.2) is 0 Å². The number of hydrogen-bond acceptors (Lipinski definition) is 6. The number of carbonyl (C=O) groups is 3. The fourth-order valence-electron chi connectivity index (χ4n) is 4.32. The van der Waals surface area contributed by atoms with E-state index in [4.69, 9.17) is 10.00 Å². The molecule has 37 heavy (non-hydrogen) atoms. The maximum atomic E-state index is 13.4. The number of nitrogens with zero attached hydrogens (tertiary/aromatic N) is 3. The molecule has 198 valence electrons. The molecular weight excluding hydrogens is 472 g/mol. The number of carbonyl (C=O) groups excluding carboxylic acids is 3. The fourth-order valence-corrected chi connectivity index (χ4v) is 4.32. The molecule has 1 aromatic heterocycles. The summed E-state index contributed by atoms with van der Waals surface area (Å²) in [4.78, 5) is 45.6. The lowest BCUT2D eigenvalue weighted by atomic mass is 10.0. The van der Waals surface area contributed by atoms with E-state index in [2.05, 4.69) is 26.6 Å². The summed E-state index contributed by atoms with van der Waals surface area (Å²) >= 11 is 0. The van der Waals surface area contributed by atoms with Gasteiger partial charge in [-0.2, -0.15) is 5.26 Å². The molecule has 10 heteroatoms. The van der Waals surface area contributed by atoms with Crippen LogP contribution in [0.15, 0.2) is 36.5 Å². The number of amides is 3. The Labute approximate surface area is 218 Å². The van der Waals surface area contributed by atoms with Crippen LogP contribution in [0.4, 0.5) is 0 Å². The second kappa shape index (κ2) is 13.5. The Kier molecular flexibility index (Phi) is 10.1. The third-order valence-electron chi connectivity index (χ3n) is 6.64. The van der Waals surface area contributed by atoms with E-state index in [1.165, 1.54) is 4.90 Å². The molecule has 2 aromatic rings. The first-order valence-electron chi connectivity index (χ1n) is 12.6. The smallest absolute Gasteiger partial charge is 0.245 e. The third-order valence-corrected chi connectivity index (χ3v) is 6.64. The highest BCUT2D eigenvalue weighted by Crippen LogP contribution is 2.15. The Balaban J connectivity index is 1.74. The number of nitriles is 1. The standard InChI is InChI=1S/C27H36N6O4/c1-19-26(35)29-11-5-13-33(18-21-14-22(16-28)30-17-21)12-4-6-25(34)31-24(27(36)32(19)2)15-20-7-9-23(37-3)10-8-20/h7-10,14,17,19,24,30H,4-6,11-13,15,18H2,1-3H3,(H,29,35)(H,31,34)/t19-,24-/m0/s1. The second-order valence-electron chi connectivity index (χ2n) is 9.36. The van der Waals surface area contributed by atoms with Gasteiger partial charge >= 0.3 is 0 Å².